The third-order valence-corrected chi connectivity index (χ3v) is 8.62. The van der Waals surface area contributed by atoms with E-state index in [2.05, 4.69) is 6.92 Å². The van der Waals surface area contributed by atoms with E-state index in [-0.39, 0.29) is 5.78 Å². The first-order valence-corrected chi connectivity index (χ1v) is 12.7. The van der Waals surface area contributed by atoms with Gasteiger partial charge in [0, 0.05) is 17.0 Å². The summed E-state index contributed by atoms with van der Waals surface area (Å²) in [7, 11) is -3.14. The van der Waals surface area contributed by atoms with Crippen molar-refractivity contribution in [1.29, 1.82) is 0 Å². The second-order valence-electron chi connectivity index (χ2n) is 8.00. The quantitative estimate of drug-likeness (QED) is 0.223. The molecule has 0 aliphatic rings. The summed E-state index contributed by atoms with van der Waals surface area (Å²) in [6.07, 6.45) is 9.24. The van der Waals surface area contributed by atoms with Crippen LogP contribution in [0, 0.1) is 0 Å². The molecule has 1 atom stereocenters. The van der Waals surface area contributed by atoms with E-state index in [0.29, 0.717) is 6.42 Å². The minimum atomic E-state index is -3.14. The van der Waals surface area contributed by atoms with Gasteiger partial charge in [0.1, 0.15) is 5.78 Å². The lowest BCUT2D eigenvalue weighted by atomic mass is 10.1. The Balaban J connectivity index is 2.34. The SMILES string of the molecule is CCCCCCCCC(=O)[C@@H](C=C(C)C)P(=O)(c1ccccc1)c1ccccc1. The summed E-state index contributed by atoms with van der Waals surface area (Å²) in [4.78, 5) is 13.3. The maximum absolute atomic E-state index is 14.6. The zero-order chi connectivity index (χ0) is 21.1. The fraction of sp³-hybridized carbons (Fsp3) is 0.423. The summed E-state index contributed by atoms with van der Waals surface area (Å²) in [6, 6.07) is 19.1. The summed E-state index contributed by atoms with van der Waals surface area (Å²) in [5.74, 6) is 0.0951. The normalized spacial score (nSPS) is 12.4. The molecule has 0 heterocycles. The fourth-order valence-corrected chi connectivity index (χ4v) is 6.93. The van der Waals surface area contributed by atoms with Crippen molar-refractivity contribution in [3.05, 3.63) is 72.3 Å². The highest BCUT2D eigenvalue weighted by Gasteiger charge is 2.39. The summed E-state index contributed by atoms with van der Waals surface area (Å²) in [5, 5.41) is 1.51. The molecular weight excluding hydrogens is 375 g/mol. The van der Waals surface area contributed by atoms with E-state index in [9.17, 15) is 9.36 Å². The van der Waals surface area contributed by atoms with Gasteiger partial charge < -0.3 is 4.57 Å². The van der Waals surface area contributed by atoms with Gasteiger partial charge in [-0.15, -0.1) is 0 Å². The molecule has 0 radical (unpaired) electrons. The van der Waals surface area contributed by atoms with Crippen molar-refractivity contribution in [2.75, 3.05) is 0 Å². The molecule has 0 N–H and O–H groups in total. The van der Waals surface area contributed by atoms with Crippen molar-refractivity contribution in [1.82, 2.24) is 0 Å². The molecule has 2 rings (SSSR count). The summed E-state index contributed by atoms with van der Waals surface area (Å²) in [6.45, 7) is 6.16. The number of allylic oxidation sites excluding steroid dienone is 2. The number of rotatable bonds is 12. The molecule has 0 amide bonds. The van der Waals surface area contributed by atoms with Gasteiger partial charge >= 0.3 is 0 Å². The summed E-state index contributed by atoms with van der Waals surface area (Å²) in [5.41, 5.74) is 0.423. The molecule has 3 heteroatoms. The first-order chi connectivity index (χ1) is 14.0. The smallest absolute Gasteiger partial charge is 0.156 e. The fourth-order valence-electron chi connectivity index (χ4n) is 3.71. The van der Waals surface area contributed by atoms with Gasteiger partial charge in [0.15, 0.2) is 7.14 Å². The average Bonchev–Trinajstić information content (AvgIpc) is 2.75. The van der Waals surface area contributed by atoms with Crippen LogP contribution in [0.2, 0.25) is 0 Å². The van der Waals surface area contributed by atoms with Crippen molar-refractivity contribution in [2.45, 2.75) is 71.4 Å². The number of Topliss-reactive ketones (excluding diaryl/α,β-unsaturated/α-hetero) is 1. The summed E-state index contributed by atoms with van der Waals surface area (Å²) < 4.78 is 14.6. The molecule has 0 bridgehead atoms. The molecule has 0 aliphatic heterocycles. The van der Waals surface area contributed by atoms with Gasteiger partial charge in [0.05, 0.1) is 5.66 Å². The third-order valence-electron chi connectivity index (χ3n) is 5.27. The number of benzene rings is 2. The van der Waals surface area contributed by atoms with Crippen LogP contribution < -0.4 is 10.6 Å². The summed E-state index contributed by atoms with van der Waals surface area (Å²) >= 11 is 0. The van der Waals surface area contributed by atoms with Gasteiger partial charge in [-0.05, 0) is 20.3 Å². The van der Waals surface area contributed by atoms with E-state index in [4.69, 9.17) is 0 Å². The maximum atomic E-state index is 14.6. The second kappa shape index (κ2) is 11.9. The lowest BCUT2D eigenvalue weighted by molar-refractivity contribution is -0.118. The molecule has 0 aromatic heterocycles. The Hall–Kier alpha value is -1.92. The van der Waals surface area contributed by atoms with Gasteiger partial charge in [-0.3, -0.25) is 4.79 Å². The number of hydrogen-bond acceptors (Lipinski definition) is 2. The van der Waals surface area contributed by atoms with Crippen LogP contribution in [0.15, 0.2) is 72.3 Å². The van der Waals surface area contributed by atoms with Crippen LogP contribution in [0.3, 0.4) is 0 Å². The van der Waals surface area contributed by atoms with Crippen molar-refractivity contribution in [2.24, 2.45) is 0 Å². The molecular formula is C26H35O2P. The van der Waals surface area contributed by atoms with Gasteiger partial charge in [-0.2, -0.15) is 0 Å². The predicted molar refractivity (Wildman–Crippen MR) is 126 cm³/mol. The molecule has 2 aromatic rings. The van der Waals surface area contributed by atoms with Gasteiger partial charge in [0.2, 0.25) is 0 Å². The highest BCUT2D eigenvalue weighted by atomic mass is 31.2. The average molecular weight is 411 g/mol. The largest absolute Gasteiger partial charge is 0.313 e. The molecule has 0 saturated heterocycles. The van der Waals surface area contributed by atoms with Crippen molar-refractivity contribution < 1.29 is 9.36 Å². The van der Waals surface area contributed by atoms with E-state index < -0.39 is 12.8 Å². The molecule has 0 unspecified atom stereocenters. The lowest BCUT2D eigenvalue weighted by Crippen LogP contribution is -2.30. The number of carbonyl (C=O) groups excluding carboxylic acids is 1. The Labute approximate surface area is 176 Å². The minimum absolute atomic E-state index is 0.0951. The highest BCUT2D eigenvalue weighted by Crippen LogP contribution is 2.50. The van der Waals surface area contributed by atoms with Crippen LogP contribution in [0.1, 0.15) is 65.7 Å². The van der Waals surface area contributed by atoms with E-state index in [1.54, 1.807) is 0 Å². The molecule has 0 fully saturated rings. The van der Waals surface area contributed by atoms with Crippen molar-refractivity contribution in [3.63, 3.8) is 0 Å². The van der Waals surface area contributed by atoms with Crippen molar-refractivity contribution in [3.8, 4) is 0 Å². The Kier molecular flexibility index (Phi) is 9.61. The first-order valence-electron chi connectivity index (χ1n) is 10.9. The zero-order valence-corrected chi connectivity index (χ0v) is 19.0. The van der Waals surface area contributed by atoms with Gasteiger partial charge in [-0.1, -0.05) is 111 Å². The molecule has 0 saturated carbocycles. The maximum Gasteiger partial charge on any atom is 0.156 e. The van der Waals surface area contributed by atoms with E-state index in [1.807, 2.05) is 80.6 Å². The molecule has 2 nitrogen and oxygen atoms in total. The highest BCUT2D eigenvalue weighted by molar-refractivity contribution is 7.80. The zero-order valence-electron chi connectivity index (χ0n) is 18.1. The Morgan fingerprint density at radius 2 is 1.31 bits per heavy atom. The molecule has 29 heavy (non-hydrogen) atoms. The molecule has 0 spiro atoms. The van der Waals surface area contributed by atoms with Crippen LogP contribution in [-0.2, 0) is 9.36 Å². The minimum Gasteiger partial charge on any atom is -0.313 e. The lowest BCUT2D eigenvalue weighted by Gasteiger charge is -2.26. The van der Waals surface area contributed by atoms with Crippen molar-refractivity contribution >= 4 is 23.5 Å². The second-order valence-corrected chi connectivity index (χ2v) is 10.9. The van der Waals surface area contributed by atoms with Crippen LogP contribution >= 0.6 is 7.14 Å². The number of carbonyl (C=O) groups is 1. The standard InChI is InChI=1S/C26H35O2P/c1-4-5-6-7-8-15-20-25(27)26(21-22(2)3)29(28,23-16-11-9-12-17-23)24-18-13-10-14-19-24/h9-14,16-19,21,26H,4-8,15,20H2,1-3H3/t26-/m1/s1. The molecule has 0 aliphatic carbocycles. The van der Waals surface area contributed by atoms with Crippen LogP contribution in [0.4, 0.5) is 0 Å². The number of unbranched alkanes of at least 4 members (excludes halogenated alkanes) is 5. The first kappa shape index (κ1) is 23.4. The Bertz CT molecular complexity index is 777. The molecule has 2 aromatic carbocycles. The number of ketones is 1. The predicted octanol–water partition coefficient (Wildman–Crippen LogP) is 6.66. The van der Waals surface area contributed by atoms with E-state index in [1.165, 1.54) is 25.7 Å². The Morgan fingerprint density at radius 1 is 0.828 bits per heavy atom. The van der Waals surface area contributed by atoms with E-state index >= 15 is 0 Å². The van der Waals surface area contributed by atoms with Gasteiger partial charge in [0.25, 0.3) is 0 Å². The van der Waals surface area contributed by atoms with E-state index in [0.717, 1.165) is 29.0 Å². The third kappa shape index (κ3) is 6.54. The number of hydrogen-bond donors (Lipinski definition) is 0. The Morgan fingerprint density at radius 3 is 1.79 bits per heavy atom. The monoisotopic (exact) mass is 410 g/mol. The molecule has 156 valence electrons. The van der Waals surface area contributed by atoms with Crippen LogP contribution in [0.25, 0.3) is 0 Å². The van der Waals surface area contributed by atoms with Gasteiger partial charge in [-0.25, -0.2) is 0 Å². The van der Waals surface area contributed by atoms with Crippen LogP contribution in [0.5, 0.6) is 0 Å². The topological polar surface area (TPSA) is 34.1 Å². The van der Waals surface area contributed by atoms with Crippen LogP contribution in [-0.4, -0.2) is 11.4 Å².